The van der Waals surface area contributed by atoms with Crippen molar-refractivity contribution in [1.82, 2.24) is 10.2 Å². The summed E-state index contributed by atoms with van der Waals surface area (Å²) in [6.07, 6.45) is 3.52. The second kappa shape index (κ2) is 5.70. The molecule has 0 saturated carbocycles. The minimum atomic E-state index is 0.152. The predicted octanol–water partition coefficient (Wildman–Crippen LogP) is 1.74. The van der Waals surface area contributed by atoms with E-state index in [0.29, 0.717) is 0 Å². The van der Waals surface area contributed by atoms with Crippen LogP contribution in [0.15, 0.2) is 17.5 Å². The lowest BCUT2D eigenvalue weighted by atomic mass is 9.90. The van der Waals surface area contributed by atoms with Crippen molar-refractivity contribution < 1.29 is 4.74 Å². The fourth-order valence-corrected chi connectivity index (χ4v) is 3.72. The van der Waals surface area contributed by atoms with Crippen molar-refractivity contribution >= 4 is 11.3 Å². The Balaban J connectivity index is 1.53. The van der Waals surface area contributed by atoms with E-state index >= 15 is 0 Å². The zero-order valence-electron chi connectivity index (χ0n) is 10.9. The van der Waals surface area contributed by atoms with Crippen LogP contribution in [0.1, 0.15) is 17.7 Å². The first kappa shape index (κ1) is 12.6. The van der Waals surface area contributed by atoms with Gasteiger partial charge in [-0.15, -0.1) is 11.3 Å². The first-order valence-corrected chi connectivity index (χ1v) is 7.84. The maximum atomic E-state index is 6.09. The smallest absolute Gasteiger partial charge is 0.0833 e. The first-order valence-electron chi connectivity index (χ1n) is 6.96. The molecule has 1 aromatic rings. The van der Waals surface area contributed by atoms with Crippen LogP contribution in [0.5, 0.6) is 0 Å². The molecular formula is C14H22N2OS. The number of nitrogens with zero attached hydrogens (tertiary/aromatic N) is 1. The zero-order valence-corrected chi connectivity index (χ0v) is 11.7. The lowest BCUT2D eigenvalue weighted by Gasteiger charge is -2.45. The zero-order chi connectivity index (χ0) is 12.3. The van der Waals surface area contributed by atoms with Crippen LogP contribution in [-0.4, -0.2) is 49.8 Å². The molecule has 0 aliphatic carbocycles. The summed E-state index contributed by atoms with van der Waals surface area (Å²) in [5.74, 6) is 0. The van der Waals surface area contributed by atoms with Gasteiger partial charge in [-0.25, -0.2) is 0 Å². The molecule has 3 nitrogen and oxygen atoms in total. The highest BCUT2D eigenvalue weighted by Crippen LogP contribution is 2.27. The minimum Gasteiger partial charge on any atom is -0.372 e. The summed E-state index contributed by atoms with van der Waals surface area (Å²) in [6, 6.07) is 4.39. The largest absolute Gasteiger partial charge is 0.372 e. The highest BCUT2D eigenvalue weighted by Gasteiger charge is 2.37. The molecular weight excluding hydrogens is 244 g/mol. The molecule has 0 unspecified atom stereocenters. The van der Waals surface area contributed by atoms with Crippen molar-refractivity contribution in [3.05, 3.63) is 22.4 Å². The number of piperidine rings is 1. The van der Waals surface area contributed by atoms with Gasteiger partial charge in [-0.1, -0.05) is 6.07 Å². The molecule has 0 radical (unpaired) electrons. The number of ether oxygens (including phenoxy) is 1. The summed E-state index contributed by atoms with van der Waals surface area (Å²) in [5.41, 5.74) is 0.152. The second-order valence-corrected chi connectivity index (χ2v) is 6.42. The van der Waals surface area contributed by atoms with Gasteiger partial charge in [-0.05, 0) is 43.8 Å². The molecule has 2 aliphatic heterocycles. The van der Waals surface area contributed by atoms with Gasteiger partial charge >= 0.3 is 0 Å². The molecule has 0 aromatic carbocycles. The van der Waals surface area contributed by atoms with Gasteiger partial charge in [0.1, 0.15) is 0 Å². The van der Waals surface area contributed by atoms with Crippen LogP contribution in [-0.2, 0) is 11.2 Å². The van der Waals surface area contributed by atoms with E-state index in [1.165, 1.54) is 30.7 Å². The number of morpholine rings is 1. The van der Waals surface area contributed by atoms with Crippen LogP contribution in [0.2, 0.25) is 0 Å². The van der Waals surface area contributed by atoms with E-state index in [1.807, 2.05) is 11.3 Å². The van der Waals surface area contributed by atoms with Gasteiger partial charge in [0.25, 0.3) is 0 Å². The number of hydrogen-bond donors (Lipinski definition) is 1. The van der Waals surface area contributed by atoms with Crippen molar-refractivity contribution in [1.29, 1.82) is 0 Å². The molecule has 100 valence electrons. The van der Waals surface area contributed by atoms with Gasteiger partial charge < -0.3 is 10.1 Å². The third-order valence-corrected chi connectivity index (χ3v) is 5.03. The highest BCUT2D eigenvalue weighted by atomic mass is 32.1. The van der Waals surface area contributed by atoms with E-state index in [4.69, 9.17) is 4.74 Å². The van der Waals surface area contributed by atoms with Gasteiger partial charge in [0, 0.05) is 24.5 Å². The van der Waals surface area contributed by atoms with E-state index in [2.05, 4.69) is 27.7 Å². The molecule has 0 amide bonds. The molecule has 0 bridgehead atoms. The summed E-state index contributed by atoms with van der Waals surface area (Å²) in [7, 11) is 0. The van der Waals surface area contributed by atoms with E-state index < -0.39 is 0 Å². The Bertz CT molecular complexity index is 354. The molecule has 1 N–H and O–H groups in total. The summed E-state index contributed by atoms with van der Waals surface area (Å²) in [4.78, 5) is 4.09. The van der Waals surface area contributed by atoms with Crippen LogP contribution in [0.3, 0.4) is 0 Å². The fraction of sp³-hybridized carbons (Fsp3) is 0.714. The third-order valence-electron chi connectivity index (χ3n) is 4.10. The van der Waals surface area contributed by atoms with Crippen LogP contribution in [0.4, 0.5) is 0 Å². The molecule has 0 atom stereocenters. The molecule has 18 heavy (non-hydrogen) atoms. The molecule has 4 heteroatoms. The summed E-state index contributed by atoms with van der Waals surface area (Å²) >= 11 is 1.87. The Kier molecular flexibility index (Phi) is 3.99. The van der Waals surface area contributed by atoms with E-state index in [9.17, 15) is 0 Å². The normalized spacial score (nSPS) is 24.4. The maximum Gasteiger partial charge on any atom is 0.0833 e. The van der Waals surface area contributed by atoms with Crippen molar-refractivity contribution in [2.24, 2.45) is 0 Å². The van der Waals surface area contributed by atoms with Gasteiger partial charge in [-0.2, -0.15) is 0 Å². The monoisotopic (exact) mass is 266 g/mol. The summed E-state index contributed by atoms with van der Waals surface area (Å²) < 4.78 is 6.09. The number of hydrogen-bond acceptors (Lipinski definition) is 4. The van der Waals surface area contributed by atoms with Gasteiger partial charge in [0.15, 0.2) is 0 Å². The number of thiophene rings is 1. The van der Waals surface area contributed by atoms with Crippen molar-refractivity contribution in [2.75, 3.05) is 39.3 Å². The van der Waals surface area contributed by atoms with Crippen molar-refractivity contribution in [3.8, 4) is 0 Å². The average molecular weight is 266 g/mol. The molecule has 3 rings (SSSR count). The topological polar surface area (TPSA) is 24.5 Å². The first-order chi connectivity index (χ1) is 8.86. The predicted molar refractivity (Wildman–Crippen MR) is 75.2 cm³/mol. The molecule has 3 heterocycles. The van der Waals surface area contributed by atoms with Crippen molar-refractivity contribution in [2.45, 2.75) is 24.9 Å². The van der Waals surface area contributed by atoms with E-state index in [0.717, 1.165) is 32.8 Å². The molecule has 2 aliphatic rings. The molecule has 2 saturated heterocycles. The summed E-state index contributed by atoms with van der Waals surface area (Å²) in [5, 5.41) is 5.60. The Labute approximate surface area is 113 Å². The van der Waals surface area contributed by atoms with Gasteiger partial charge in [0.2, 0.25) is 0 Å². The fourth-order valence-electron chi connectivity index (χ4n) is 3.02. The molecule has 1 aromatic heterocycles. The van der Waals surface area contributed by atoms with E-state index in [-0.39, 0.29) is 5.60 Å². The minimum absolute atomic E-state index is 0.152. The Morgan fingerprint density at radius 3 is 3.06 bits per heavy atom. The molecule has 1 spiro atoms. The Hall–Kier alpha value is -0.420. The van der Waals surface area contributed by atoms with Crippen LogP contribution in [0, 0.1) is 0 Å². The standard InChI is InChI=1S/C14H22N2OS/c1-2-13(18-11-1)3-8-16-9-10-17-14(12-16)4-6-15-7-5-14/h1-2,11,15H,3-10,12H2. The highest BCUT2D eigenvalue weighted by molar-refractivity contribution is 7.09. The van der Waals surface area contributed by atoms with Crippen LogP contribution >= 0.6 is 11.3 Å². The Morgan fingerprint density at radius 1 is 1.39 bits per heavy atom. The van der Waals surface area contributed by atoms with Crippen LogP contribution in [0.25, 0.3) is 0 Å². The van der Waals surface area contributed by atoms with E-state index in [1.54, 1.807) is 0 Å². The molecule has 2 fully saturated rings. The van der Waals surface area contributed by atoms with Crippen molar-refractivity contribution in [3.63, 3.8) is 0 Å². The van der Waals surface area contributed by atoms with Crippen LogP contribution < -0.4 is 5.32 Å². The number of nitrogens with one attached hydrogen (secondary N) is 1. The third kappa shape index (κ3) is 2.94. The lowest BCUT2D eigenvalue weighted by molar-refractivity contribution is -0.123. The maximum absolute atomic E-state index is 6.09. The number of rotatable bonds is 3. The average Bonchev–Trinajstić information content (AvgIpc) is 2.91. The summed E-state index contributed by atoms with van der Waals surface area (Å²) in [6.45, 7) is 6.53. The lowest BCUT2D eigenvalue weighted by Crippen LogP contribution is -2.56. The quantitative estimate of drug-likeness (QED) is 0.902. The SMILES string of the molecule is c1csc(CCN2CCOC3(CCNCC3)C2)c1. The van der Waals surface area contributed by atoms with Gasteiger partial charge in [-0.3, -0.25) is 4.90 Å². The van der Waals surface area contributed by atoms with Gasteiger partial charge in [0.05, 0.1) is 12.2 Å². The Morgan fingerprint density at radius 2 is 2.28 bits per heavy atom. The second-order valence-electron chi connectivity index (χ2n) is 5.39.